The minimum absolute atomic E-state index is 0.0260. The van der Waals surface area contributed by atoms with Gasteiger partial charge in [-0.25, -0.2) is 0 Å². The lowest BCUT2D eigenvalue weighted by Crippen LogP contribution is -2.10. The second-order valence-corrected chi connectivity index (χ2v) is 6.63. The van der Waals surface area contributed by atoms with Crippen molar-refractivity contribution in [2.45, 2.75) is 0 Å². The van der Waals surface area contributed by atoms with Crippen molar-refractivity contribution in [1.82, 2.24) is 4.98 Å². The van der Waals surface area contributed by atoms with E-state index in [1.54, 1.807) is 54.0 Å². The van der Waals surface area contributed by atoms with Gasteiger partial charge < -0.3 is 10.1 Å². The van der Waals surface area contributed by atoms with E-state index < -0.39 is 4.92 Å². The quantitative estimate of drug-likeness (QED) is 0.370. The van der Waals surface area contributed by atoms with Gasteiger partial charge in [-0.15, -0.1) is 0 Å². The molecule has 138 valence electrons. The van der Waals surface area contributed by atoms with Crippen molar-refractivity contribution >= 4 is 39.4 Å². The zero-order valence-electron chi connectivity index (χ0n) is 14.4. The number of anilines is 1. The molecule has 2 aromatic heterocycles. The highest BCUT2D eigenvalue weighted by Crippen LogP contribution is 2.35. The van der Waals surface area contributed by atoms with Gasteiger partial charge in [0.2, 0.25) is 0 Å². The fourth-order valence-corrected chi connectivity index (χ4v) is 3.36. The number of thiophene rings is 1. The normalized spacial score (nSPS) is 10.6. The van der Waals surface area contributed by atoms with Crippen LogP contribution in [-0.2, 0) is 0 Å². The van der Waals surface area contributed by atoms with Crippen molar-refractivity contribution < 1.29 is 14.5 Å². The van der Waals surface area contributed by atoms with Gasteiger partial charge in [-0.1, -0.05) is 0 Å². The maximum Gasteiger partial charge on any atom is 0.279 e. The van der Waals surface area contributed by atoms with Crippen LogP contribution in [0.3, 0.4) is 0 Å². The molecule has 4 rings (SSSR count). The van der Waals surface area contributed by atoms with Crippen LogP contribution in [0.2, 0.25) is 0 Å². The van der Waals surface area contributed by atoms with Crippen LogP contribution in [0.5, 0.6) is 11.5 Å². The Kier molecular flexibility index (Phi) is 4.69. The van der Waals surface area contributed by atoms with E-state index in [9.17, 15) is 14.9 Å². The predicted molar refractivity (Wildman–Crippen MR) is 107 cm³/mol. The fourth-order valence-electron chi connectivity index (χ4n) is 2.73. The number of pyridine rings is 1. The number of nitrogens with zero attached hydrogens (tertiary/aromatic N) is 2. The maximum atomic E-state index is 12.1. The third-order valence-electron chi connectivity index (χ3n) is 4.08. The second-order valence-electron chi connectivity index (χ2n) is 5.85. The molecule has 8 heteroatoms. The van der Waals surface area contributed by atoms with E-state index in [0.29, 0.717) is 33.5 Å². The van der Waals surface area contributed by atoms with Crippen LogP contribution in [0, 0.1) is 10.1 Å². The number of nitro benzene ring substituents is 1. The SMILES string of the molecule is O=C(Nc1ccc(Oc2ccc([N+](=O)[O-])c3cnccc23)cc1)c1ccsc1. The first kappa shape index (κ1) is 17.6. The highest BCUT2D eigenvalue weighted by Gasteiger charge is 2.15. The highest BCUT2D eigenvalue weighted by atomic mass is 32.1. The molecule has 0 radical (unpaired) electrons. The minimum Gasteiger partial charge on any atom is -0.457 e. The Hall–Kier alpha value is -3.78. The van der Waals surface area contributed by atoms with Gasteiger partial charge in [-0.2, -0.15) is 11.3 Å². The molecule has 0 saturated heterocycles. The van der Waals surface area contributed by atoms with Crippen LogP contribution in [0.15, 0.2) is 71.7 Å². The molecule has 0 spiro atoms. The molecule has 28 heavy (non-hydrogen) atoms. The van der Waals surface area contributed by atoms with E-state index in [4.69, 9.17) is 4.74 Å². The highest BCUT2D eigenvalue weighted by molar-refractivity contribution is 7.08. The first-order valence-electron chi connectivity index (χ1n) is 8.24. The molecule has 0 fully saturated rings. The van der Waals surface area contributed by atoms with Crippen LogP contribution >= 0.6 is 11.3 Å². The molecule has 0 aliphatic rings. The zero-order valence-corrected chi connectivity index (χ0v) is 15.2. The molecule has 4 aromatic rings. The number of amides is 1. The Morgan fingerprint density at radius 3 is 2.61 bits per heavy atom. The van der Waals surface area contributed by atoms with Crippen molar-refractivity contribution in [3.05, 3.63) is 87.4 Å². The largest absolute Gasteiger partial charge is 0.457 e. The van der Waals surface area contributed by atoms with Crippen LogP contribution in [0.1, 0.15) is 10.4 Å². The summed E-state index contributed by atoms with van der Waals surface area (Å²) in [6.45, 7) is 0. The molecule has 2 heterocycles. The number of hydrogen-bond donors (Lipinski definition) is 1. The van der Waals surface area contributed by atoms with Crippen molar-refractivity contribution in [1.29, 1.82) is 0 Å². The lowest BCUT2D eigenvalue weighted by atomic mass is 10.1. The molecule has 0 aliphatic heterocycles. The number of fused-ring (bicyclic) bond motifs is 1. The lowest BCUT2D eigenvalue weighted by Gasteiger charge is -2.10. The van der Waals surface area contributed by atoms with Crippen molar-refractivity contribution in [2.75, 3.05) is 5.32 Å². The number of aromatic nitrogens is 1. The molecule has 1 amide bonds. The topological polar surface area (TPSA) is 94.4 Å². The van der Waals surface area contributed by atoms with Crippen LogP contribution < -0.4 is 10.1 Å². The van der Waals surface area contributed by atoms with Gasteiger partial charge in [0.25, 0.3) is 11.6 Å². The summed E-state index contributed by atoms with van der Waals surface area (Å²) in [6, 6.07) is 13.3. The molecule has 0 atom stereocenters. The van der Waals surface area contributed by atoms with E-state index in [1.165, 1.54) is 23.6 Å². The van der Waals surface area contributed by atoms with Gasteiger partial charge in [-0.3, -0.25) is 19.9 Å². The van der Waals surface area contributed by atoms with Gasteiger partial charge in [-0.05, 0) is 47.8 Å². The van der Waals surface area contributed by atoms with E-state index in [1.807, 2.05) is 5.38 Å². The number of nitrogens with one attached hydrogen (secondary N) is 1. The first-order chi connectivity index (χ1) is 13.6. The smallest absolute Gasteiger partial charge is 0.279 e. The van der Waals surface area contributed by atoms with Crippen LogP contribution in [0.25, 0.3) is 10.8 Å². The van der Waals surface area contributed by atoms with Crippen LogP contribution in [-0.4, -0.2) is 15.8 Å². The summed E-state index contributed by atoms with van der Waals surface area (Å²) in [4.78, 5) is 26.8. The van der Waals surface area contributed by atoms with Gasteiger partial charge in [0, 0.05) is 34.9 Å². The number of ether oxygens (including phenoxy) is 1. The van der Waals surface area contributed by atoms with Gasteiger partial charge >= 0.3 is 0 Å². The third-order valence-corrected chi connectivity index (χ3v) is 4.76. The standard InChI is InChI=1S/C20H13N3O4S/c24-20(13-8-10-28-12-13)22-14-1-3-15(4-2-14)27-19-6-5-18(23(25)26)17-11-21-9-7-16(17)19/h1-12H,(H,22,24). The first-order valence-corrected chi connectivity index (χ1v) is 9.19. The molecule has 1 N–H and O–H groups in total. The van der Waals surface area contributed by atoms with Crippen molar-refractivity contribution in [3.8, 4) is 11.5 Å². The fraction of sp³-hybridized carbons (Fsp3) is 0. The number of rotatable bonds is 5. The van der Waals surface area contributed by atoms with Gasteiger partial charge in [0.05, 0.1) is 15.9 Å². The molecule has 0 unspecified atom stereocenters. The Balaban J connectivity index is 1.56. The van der Waals surface area contributed by atoms with Gasteiger partial charge in [0.1, 0.15) is 11.5 Å². The molecule has 7 nitrogen and oxygen atoms in total. The average molecular weight is 391 g/mol. The number of carbonyl (C=O) groups is 1. The summed E-state index contributed by atoms with van der Waals surface area (Å²) < 4.78 is 5.90. The summed E-state index contributed by atoms with van der Waals surface area (Å²) in [5, 5.41) is 18.6. The molecular weight excluding hydrogens is 378 g/mol. The lowest BCUT2D eigenvalue weighted by molar-refractivity contribution is -0.383. The Bertz CT molecular complexity index is 1160. The van der Waals surface area contributed by atoms with Crippen molar-refractivity contribution in [2.24, 2.45) is 0 Å². The minimum atomic E-state index is -0.446. The van der Waals surface area contributed by atoms with Crippen molar-refractivity contribution in [3.63, 3.8) is 0 Å². The van der Waals surface area contributed by atoms with Crippen LogP contribution in [0.4, 0.5) is 11.4 Å². The molecule has 0 saturated carbocycles. The number of carbonyl (C=O) groups excluding carboxylic acids is 1. The van der Waals surface area contributed by atoms with E-state index in [0.717, 1.165) is 0 Å². The summed E-state index contributed by atoms with van der Waals surface area (Å²) in [5.74, 6) is 0.849. The summed E-state index contributed by atoms with van der Waals surface area (Å²) in [7, 11) is 0. The summed E-state index contributed by atoms with van der Waals surface area (Å²) in [5.41, 5.74) is 1.22. The van der Waals surface area contributed by atoms with E-state index >= 15 is 0 Å². The molecule has 2 aromatic carbocycles. The van der Waals surface area contributed by atoms with E-state index in [2.05, 4.69) is 10.3 Å². The third kappa shape index (κ3) is 3.53. The molecule has 0 bridgehead atoms. The summed E-state index contributed by atoms with van der Waals surface area (Å²) in [6.07, 6.45) is 3.01. The Morgan fingerprint density at radius 2 is 1.89 bits per heavy atom. The monoisotopic (exact) mass is 391 g/mol. The van der Waals surface area contributed by atoms with E-state index in [-0.39, 0.29) is 11.6 Å². The maximum absolute atomic E-state index is 12.1. The second kappa shape index (κ2) is 7.45. The summed E-state index contributed by atoms with van der Waals surface area (Å²) >= 11 is 1.46. The molecule has 0 aliphatic carbocycles. The Morgan fingerprint density at radius 1 is 1.07 bits per heavy atom. The number of hydrogen-bond acceptors (Lipinski definition) is 6. The number of benzene rings is 2. The molecular formula is C20H13N3O4S. The number of nitro groups is 1. The van der Waals surface area contributed by atoms with Gasteiger partial charge in [0.15, 0.2) is 0 Å². The Labute approximate surface area is 163 Å². The predicted octanol–water partition coefficient (Wildman–Crippen LogP) is 5.25. The zero-order chi connectivity index (χ0) is 19.5. The average Bonchev–Trinajstić information content (AvgIpc) is 3.24. The number of non-ortho nitro benzene ring substituents is 1.